The molecule has 0 atom stereocenters. The molecule has 0 radical (unpaired) electrons. The molecule has 6 aromatic rings. The molecule has 2 aliphatic heterocycles. The molecule has 250 valence electrons. The van der Waals surface area contributed by atoms with E-state index in [1.165, 1.54) is 66.8 Å². The van der Waals surface area contributed by atoms with Crippen molar-refractivity contribution in [1.82, 2.24) is 0 Å². The van der Waals surface area contributed by atoms with E-state index < -0.39 is 0 Å². The van der Waals surface area contributed by atoms with Crippen molar-refractivity contribution in [3.05, 3.63) is 191 Å². The number of hydrogen-bond acceptors (Lipinski definition) is 2. The maximum absolute atomic E-state index is 4.21. The van der Waals surface area contributed by atoms with Crippen LogP contribution < -0.4 is 10.2 Å². The molecule has 3 aliphatic rings. The van der Waals surface area contributed by atoms with Crippen LogP contribution in [0.25, 0.3) is 52.1 Å². The van der Waals surface area contributed by atoms with Gasteiger partial charge in [0.1, 0.15) is 0 Å². The van der Waals surface area contributed by atoms with Gasteiger partial charge >= 0.3 is 0 Å². The molecule has 0 aromatic heterocycles. The van der Waals surface area contributed by atoms with Crippen LogP contribution in [0.15, 0.2) is 158 Å². The van der Waals surface area contributed by atoms with Gasteiger partial charge in [-0.15, -0.1) is 0 Å². The van der Waals surface area contributed by atoms with Crippen LogP contribution in [0.3, 0.4) is 0 Å². The van der Waals surface area contributed by atoms with Gasteiger partial charge in [0.25, 0.3) is 0 Å². The number of rotatable bonds is 5. The highest BCUT2D eigenvalue weighted by Gasteiger charge is 2.36. The number of allylic oxidation sites excluding steroid dienone is 5. The average molecular weight is 669 g/mol. The first-order valence-electron chi connectivity index (χ1n) is 18.1. The lowest BCUT2D eigenvalue weighted by Gasteiger charge is -2.30. The zero-order valence-electron chi connectivity index (χ0n) is 29.8. The Balaban J connectivity index is 1.18. The van der Waals surface area contributed by atoms with Gasteiger partial charge in [-0.1, -0.05) is 136 Å². The molecule has 0 unspecified atom stereocenters. The van der Waals surface area contributed by atoms with Gasteiger partial charge in [0.05, 0.1) is 11.4 Å². The highest BCUT2D eigenvalue weighted by atomic mass is 15.1. The lowest BCUT2D eigenvalue weighted by molar-refractivity contribution is 0.654. The monoisotopic (exact) mass is 668 g/mol. The van der Waals surface area contributed by atoms with Crippen LogP contribution in [0.1, 0.15) is 54.2 Å². The molecule has 52 heavy (non-hydrogen) atoms. The minimum atomic E-state index is -0.159. The van der Waals surface area contributed by atoms with Crippen molar-refractivity contribution in [1.29, 1.82) is 0 Å². The molecular weight excluding hydrogens is 629 g/mol. The summed E-state index contributed by atoms with van der Waals surface area (Å²) in [5.74, 6) is 0. The molecule has 1 N–H and O–H groups in total. The zero-order chi connectivity index (χ0) is 35.4. The van der Waals surface area contributed by atoms with Gasteiger partial charge in [-0.3, -0.25) is 0 Å². The van der Waals surface area contributed by atoms with E-state index in [0.717, 1.165) is 28.4 Å². The van der Waals surface area contributed by atoms with E-state index in [-0.39, 0.29) is 5.41 Å². The molecule has 0 bridgehead atoms. The number of hydrogen-bond donors (Lipinski definition) is 1. The standard InChI is InChI=1S/C50H40N2/c1-5-12-44-42(6-2)43-25-24-41(32-45(43)50(44,3)4)52-48-27-22-35(33-13-8-7-9-14-33)30-39(48)19-20-40-31-37(23-28-49(40)52)36-21-26-47-38(29-36)18-17-34-15-10-11-16-46(34)51-47/h5-32,51H,2H2,1,3-4H3/b12-5-. The Labute approximate surface area is 307 Å². The number of nitrogens with one attached hydrogen (secondary N) is 1. The summed E-state index contributed by atoms with van der Waals surface area (Å²) in [4.78, 5) is 2.45. The van der Waals surface area contributed by atoms with Crippen LogP contribution in [0.4, 0.5) is 28.4 Å². The fraction of sp³-hybridized carbons (Fsp3) is 0.0800. The van der Waals surface area contributed by atoms with Gasteiger partial charge in [0, 0.05) is 22.5 Å². The Morgan fingerprint density at radius 1 is 0.577 bits per heavy atom. The van der Waals surface area contributed by atoms with Gasteiger partial charge in [0.2, 0.25) is 0 Å². The fourth-order valence-corrected chi connectivity index (χ4v) is 8.17. The van der Waals surface area contributed by atoms with E-state index in [9.17, 15) is 0 Å². The second-order valence-electron chi connectivity index (χ2n) is 14.3. The molecule has 6 aromatic carbocycles. The van der Waals surface area contributed by atoms with Gasteiger partial charge < -0.3 is 10.2 Å². The van der Waals surface area contributed by atoms with Crippen molar-refractivity contribution < 1.29 is 0 Å². The number of para-hydroxylation sites is 1. The second kappa shape index (κ2) is 12.4. The van der Waals surface area contributed by atoms with E-state index in [0.29, 0.717) is 0 Å². The summed E-state index contributed by atoms with van der Waals surface area (Å²) >= 11 is 0. The summed E-state index contributed by atoms with van der Waals surface area (Å²) in [6.45, 7) is 11.0. The van der Waals surface area contributed by atoms with Gasteiger partial charge in [-0.2, -0.15) is 0 Å². The predicted molar refractivity (Wildman–Crippen MR) is 225 cm³/mol. The Morgan fingerprint density at radius 2 is 1.17 bits per heavy atom. The van der Waals surface area contributed by atoms with E-state index in [1.54, 1.807) is 0 Å². The van der Waals surface area contributed by atoms with Crippen molar-refractivity contribution in [3.8, 4) is 22.3 Å². The second-order valence-corrected chi connectivity index (χ2v) is 14.3. The number of anilines is 5. The van der Waals surface area contributed by atoms with E-state index in [2.05, 4.69) is 201 Å². The van der Waals surface area contributed by atoms with E-state index in [1.807, 2.05) is 6.08 Å². The van der Waals surface area contributed by atoms with Gasteiger partial charge in [-0.25, -0.2) is 0 Å². The molecular formula is C50H40N2. The van der Waals surface area contributed by atoms with E-state index >= 15 is 0 Å². The van der Waals surface area contributed by atoms with Crippen LogP contribution in [-0.2, 0) is 5.41 Å². The normalized spacial score (nSPS) is 14.9. The van der Waals surface area contributed by atoms with Crippen LogP contribution in [0.2, 0.25) is 0 Å². The van der Waals surface area contributed by atoms with Crippen molar-refractivity contribution in [2.45, 2.75) is 26.2 Å². The van der Waals surface area contributed by atoms with Crippen LogP contribution in [-0.4, -0.2) is 0 Å². The van der Waals surface area contributed by atoms with Gasteiger partial charge in [-0.05, 0) is 128 Å². The minimum Gasteiger partial charge on any atom is -0.355 e. The van der Waals surface area contributed by atoms with Crippen molar-refractivity contribution in [2.24, 2.45) is 0 Å². The molecule has 0 saturated heterocycles. The first-order chi connectivity index (χ1) is 25.4. The Bertz CT molecular complexity index is 2540. The lowest BCUT2D eigenvalue weighted by atomic mass is 9.80. The number of benzene rings is 6. The number of fused-ring (bicyclic) bond motifs is 5. The molecule has 1 aliphatic carbocycles. The highest BCUT2D eigenvalue weighted by Crippen LogP contribution is 2.51. The van der Waals surface area contributed by atoms with Crippen LogP contribution in [0.5, 0.6) is 0 Å². The van der Waals surface area contributed by atoms with E-state index in [4.69, 9.17) is 0 Å². The fourth-order valence-electron chi connectivity index (χ4n) is 8.17. The SMILES string of the molecule is C=CC1=C(/C=C\C)C(C)(C)c2cc(N3c4ccc(-c5ccccc5)cc4C=Cc4cc(-c5ccc6c(c5)C=Cc5ccccc5N6)ccc43)ccc21. The quantitative estimate of drug-likeness (QED) is 0.196. The third kappa shape index (κ3) is 5.18. The summed E-state index contributed by atoms with van der Waals surface area (Å²) in [5.41, 5.74) is 20.1. The Kier molecular flexibility index (Phi) is 7.56. The lowest BCUT2D eigenvalue weighted by Crippen LogP contribution is -2.18. The third-order valence-corrected chi connectivity index (χ3v) is 10.9. The molecule has 2 heterocycles. The minimum absolute atomic E-state index is 0.159. The summed E-state index contributed by atoms with van der Waals surface area (Å²) in [6, 6.07) is 46.5. The van der Waals surface area contributed by atoms with Crippen molar-refractivity contribution >= 4 is 58.3 Å². The average Bonchev–Trinajstić information content (AvgIpc) is 3.32. The molecule has 2 heteroatoms. The topological polar surface area (TPSA) is 15.3 Å². The first kappa shape index (κ1) is 31.6. The van der Waals surface area contributed by atoms with Crippen LogP contribution >= 0.6 is 0 Å². The molecule has 9 rings (SSSR count). The summed E-state index contributed by atoms with van der Waals surface area (Å²) in [5, 5.41) is 3.64. The Hall–Kier alpha value is -6.38. The molecule has 0 amide bonds. The van der Waals surface area contributed by atoms with Crippen molar-refractivity contribution in [2.75, 3.05) is 10.2 Å². The maximum Gasteiger partial charge on any atom is 0.0534 e. The molecule has 0 fully saturated rings. The smallest absolute Gasteiger partial charge is 0.0534 e. The van der Waals surface area contributed by atoms with Crippen LogP contribution in [0, 0.1) is 0 Å². The first-order valence-corrected chi connectivity index (χ1v) is 18.1. The highest BCUT2D eigenvalue weighted by molar-refractivity contribution is 5.97. The number of nitrogens with zero attached hydrogens (tertiary/aromatic N) is 1. The summed E-state index contributed by atoms with van der Waals surface area (Å²) in [7, 11) is 0. The summed E-state index contributed by atoms with van der Waals surface area (Å²) < 4.78 is 0. The maximum atomic E-state index is 4.21. The zero-order valence-corrected chi connectivity index (χ0v) is 29.8. The largest absolute Gasteiger partial charge is 0.355 e. The predicted octanol–water partition coefficient (Wildman–Crippen LogP) is 14.0. The molecule has 0 spiro atoms. The van der Waals surface area contributed by atoms with Gasteiger partial charge in [0.15, 0.2) is 0 Å². The van der Waals surface area contributed by atoms with Crippen molar-refractivity contribution in [3.63, 3.8) is 0 Å². The Morgan fingerprint density at radius 3 is 1.88 bits per heavy atom. The molecule has 2 nitrogen and oxygen atoms in total. The molecule has 0 saturated carbocycles. The summed E-state index contributed by atoms with van der Waals surface area (Å²) in [6.07, 6.45) is 15.4. The third-order valence-electron chi connectivity index (χ3n) is 10.9.